The molecule has 2 aromatic carbocycles. The van der Waals surface area contributed by atoms with Crippen LogP contribution in [0.1, 0.15) is 11.3 Å². The molecular weight excluding hydrogens is 414 g/mol. The maximum Gasteiger partial charge on any atom is 0.240 e. The number of benzene rings is 2. The Bertz CT molecular complexity index is 1520. The fourth-order valence-corrected chi connectivity index (χ4v) is 3.84. The number of para-hydroxylation sites is 1. The molecule has 162 valence electrons. The monoisotopic (exact) mass is 435 g/mol. The number of aryl methyl sites for hydroxylation is 2. The highest BCUT2D eigenvalue weighted by molar-refractivity contribution is 5.92. The maximum atomic E-state index is 9.25. The summed E-state index contributed by atoms with van der Waals surface area (Å²) in [5, 5.41) is 12.6. The lowest BCUT2D eigenvalue weighted by atomic mass is 10.1. The topological polar surface area (TPSA) is 93.6 Å². The molecular formula is C25H21N7O. The number of hydrogen-bond donors (Lipinski definition) is 1. The van der Waals surface area contributed by atoms with E-state index in [0.717, 1.165) is 39.5 Å². The van der Waals surface area contributed by atoms with Crippen LogP contribution in [-0.2, 0) is 7.05 Å². The molecule has 0 unspecified atom stereocenters. The van der Waals surface area contributed by atoms with Crippen molar-refractivity contribution < 1.29 is 4.74 Å². The summed E-state index contributed by atoms with van der Waals surface area (Å²) in [6.45, 7) is 1.94. The third-order valence-corrected chi connectivity index (χ3v) is 5.45. The van der Waals surface area contributed by atoms with Gasteiger partial charge in [0.15, 0.2) is 0 Å². The number of ether oxygens (including phenoxy) is 1. The zero-order valence-corrected chi connectivity index (χ0v) is 18.4. The minimum Gasteiger partial charge on any atom is -0.479 e. The first-order valence-corrected chi connectivity index (χ1v) is 10.4. The number of hydrogen-bond acceptors (Lipinski definition) is 6. The van der Waals surface area contributed by atoms with Crippen LogP contribution in [-0.4, -0.2) is 31.2 Å². The fourth-order valence-electron chi connectivity index (χ4n) is 3.84. The smallest absolute Gasteiger partial charge is 0.240 e. The highest BCUT2D eigenvalue weighted by Gasteiger charge is 2.15. The van der Waals surface area contributed by atoms with Crippen LogP contribution in [0, 0.1) is 18.3 Å². The van der Waals surface area contributed by atoms with Crippen molar-refractivity contribution in [2.24, 2.45) is 7.05 Å². The molecule has 0 atom stereocenters. The molecule has 5 aromatic rings. The average Bonchev–Trinajstić information content (AvgIpc) is 3.43. The Labute approximate surface area is 190 Å². The number of nitrogens with one attached hydrogen (secondary N) is 1. The van der Waals surface area contributed by atoms with Gasteiger partial charge in [-0.15, -0.1) is 0 Å². The Balaban J connectivity index is 1.54. The van der Waals surface area contributed by atoms with Gasteiger partial charge in [0.25, 0.3) is 0 Å². The van der Waals surface area contributed by atoms with Crippen LogP contribution < -0.4 is 10.1 Å². The molecule has 0 aliphatic rings. The Morgan fingerprint density at radius 3 is 2.67 bits per heavy atom. The molecule has 0 radical (unpaired) electrons. The average molecular weight is 435 g/mol. The summed E-state index contributed by atoms with van der Waals surface area (Å²) >= 11 is 0. The number of anilines is 2. The minimum atomic E-state index is 0.486. The number of pyridine rings is 1. The predicted molar refractivity (Wildman–Crippen MR) is 127 cm³/mol. The molecule has 0 amide bonds. The van der Waals surface area contributed by atoms with Crippen molar-refractivity contribution in [3.63, 3.8) is 0 Å². The summed E-state index contributed by atoms with van der Waals surface area (Å²) in [6.07, 6.45) is 3.66. The van der Waals surface area contributed by atoms with Crippen LogP contribution in [0.3, 0.4) is 0 Å². The van der Waals surface area contributed by atoms with Gasteiger partial charge < -0.3 is 19.2 Å². The molecule has 0 saturated heterocycles. The van der Waals surface area contributed by atoms with Gasteiger partial charge in [-0.3, -0.25) is 0 Å². The summed E-state index contributed by atoms with van der Waals surface area (Å²) in [6, 6.07) is 19.4. The van der Waals surface area contributed by atoms with E-state index in [4.69, 9.17) is 9.72 Å². The van der Waals surface area contributed by atoms with Crippen LogP contribution in [0.2, 0.25) is 0 Å². The van der Waals surface area contributed by atoms with Gasteiger partial charge in [-0.1, -0.05) is 18.2 Å². The molecule has 0 aliphatic carbocycles. The molecule has 0 fully saturated rings. The molecule has 8 nitrogen and oxygen atoms in total. The summed E-state index contributed by atoms with van der Waals surface area (Å²) in [5.74, 6) is 1.91. The second kappa shape index (κ2) is 8.13. The van der Waals surface area contributed by atoms with E-state index in [-0.39, 0.29) is 0 Å². The largest absolute Gasteiger partial charge is 0.479 e. The van der Waals surface area contributed by atoms with Crippen LogP contribution in [0.4, 0.5) is 11.5 Å². The molecule has 0 spiro atoms. The highest BCUT2D eigenvalue weighted by atomic mass is 16.5. The molecule has 3 heterocycles. The van der Waals surface area contributed by atoms with Crippen molar-refractivity contribution in [1.82, 2.24) is 24.1 Å². The summed E-state index contributed by atoms with van der Waals surface area (Å²) in [7, 11) is 3.57. The van der Waals surface area contributed by atoms with E-state index in [9.17, 15) is 5.26 Å². The van der Waals surface area contributed by atoms with Gasteiger partial charge in [0, 0.05) is 18.8 Å². The van der Waals surface area contributed by atoms with E-state index < -0.39 is 0 Å². The van der Waals surface area contributed by atoms with Crippen LogP contribution in [0.25, 0.3) is 28.1 Å². The Kier molecular flexibility index (Phi) is 4.99. The van der Waals surface area contributed by atoms with Crippen molar-refractivity contribution in [1.29, 1.82) is 5.26 Å². The normalized spacial score (nSPS) is 10.8. The number of fused-ring (bicyclic) bond motifs is 1. The van der Waals surface area contributed by atoms with Gasteiger partial charge in [-0.2, -0.15) is 10.2 Å². The van der Waals surface area contributed by atoms with Gasteiger partial charge in [-0.25, -0.2) is 9.97 Å². The Morgan fingerprint density at radius 2 is 1.91 bits per heavy atom. The number of aromatic nitrogens is 5. The van der Waals surface area contributed by atoms with E-state index in [2.05, 4.69) is 21.4 Å². The number of methoxy groups -OCH3 is 1. The first-order chi connectivity index (χ1) is 16.1. The molecule has 0 bridgehead atoms. The Hall–Kier alpha value is -4.64. The van der Waals surface area contributed by atoms with Gasteiger partial charge in [0.2, 0.25) is 5.88 Å². The van der Waals surface area contributed by atoms with Crippen LogP contribution in [0.5, 0.6) is 5.88 Å². The predicted octanol–water partition coefficient (Wildman–Crippen LogP) is 4.75. The standard InChI is InChI=1S/C25H21N7O/c1-16-14-32(15-27-16)21-10-11-22(29-25(21)33-3)28-19-8-5-9-20-23(19)30-24(31(20)2)18-7-4-6-17(12-18)13-26/h4-12,14-15H,1-3H3,(H,28,29). The highest BCUT2D eigenvalue weighted by Crippen LogP contribution is 2.31. The Morgan fingerprint density at radius 1 is 1.06 bits per heavy atom. The quantitative estimate of drug-likeness (QED) is 0.428. The van der Waals surface area contributed by atoms with Gasteiger partial charge >= 0.3 is 0 Å². The van der Waals surface area contributed by atoms with Crippen LogP contribution >= 0.6 is 0 Å². The summed E-state index contributed by atoms with van der Waals surface area (Å²) in [5.41, 5.74) is 5.81. The number of nitrogens with zero attached hydrogens (tertiary/aromatic N) is 6. The minimum absolute atomic E-state index is 0.486. The third-order valence-electron chi connectivity index (χ3n) is 5.45. The second-order valence-corrected chi connectivity index (χ2v) is 7.63. The molecule has 3 aromatic heterocycles. The molecule has 0 saturated carbocycles. The molecule has 33 heavy (non-hydrogen) atoms. The summed E-state index contributed by atoms with van der Waals surface area (Å²) < 4.78 is 9.44. The van der Waals surface area contributed by atoms with E-state index in [0.29, 0.717) is 17.3 Å². The molecule has 5 rings (SSSR count). The zero-order valence-electron chi connectivity index (χ0n) is 18.4. The van der Waals surface area contributed by atoms with E-state index >= 15 is 0 Å². The van der Waals surface area contributed by atoms with E-state index in [1.807, 2.05) is 77.8 Å². The lowest BCUT2D eigenvalue weighted by molar-refractivity contribution is 0.396. The lowest BCUT2D eigenvalue weighted by Gasteiger charge is -2.11. The fraction of sp³-hybridized carbons (Fsp3) is 0.120. The molecule has 8 heteroatoms. The van der Waals surface area contributed by atoms with Crippen LogP contribution in [0.15, 0.2) is 67.1 Å². The number of imidazole rings is 2. The number of nitriles is 1. The first-order valence-electron chi connectivity index (χ1n) is 10.4. The lowest BCUT2D eigenvalue weighted by Crippen LogP contribution is -2.01. The SMILES string of the molecule is COc1nc(Nc2cccc3c2nc(-c2cccc(C#N)c2)n3C)ccc1-n1cnc(C)c1. The summed E-state index contributed by atoms with van der Waals surface area (Å²) in [4.78, 5) is 13.8. The zero-order chi connectivity index (χ0) is 22.9. The van der Waals surface area contributed by atoms with E-state index in [1.54, 1.807) is 19.5 Å². The third kappa shape index (κ3) is 3.66. The molecule has 1 N–H and O–H groups in total. The first kappa shape index (κ1) is 20.3. The van der Waals surface area contributed by atoms with Gasteiger partial charge in [-0.05, 0) is 43.3 Å². The van der Waals surface area contributed by atoms with Gasteiger partial charge in [0.1, 0.15) is 22.8 Å². The number of rotatable bonds is 5. The van der Waals surface area contributed by atoms with Gasteiger partial charge in [0.05, 0.1) is 42.0 Å². The van der Waals surface area contributed by atoms with Crippen molar-refractivity contribution in [3.8, 4) is 29.0 Å². The van der Waals surface area contributed by atoms with Crippen molar-refractivity contribution in [3.05, 3.63) is 78.4 Å². The van der Waals surface area contributed by atoms with Crippen molar-refractivity contribution in [2.75, 3.05) is 12.4 Å². The van der Waals surface area contributed by atoms with Crippen molar-refractivity contribution in [2.45, 2.75) is 6.92 Å². The second-order valence-electron chi connectivity index (χ2n) is 7.63. The van der Waals surface area contributed by atoms with E-state index in [1.165, 1.54) is 0 Å². The maximum absolute atomic E-state index is 9.25. The van der Waals surface area contributed by atoms with Crippen molar-refractivity contribution >= 4 is 22.5 Å². The molecule has 0 aliphatic heterocycles.